The first kappa shape index (κ1) is 18.5. The van der Waals surface area contributed by atoms with Crippen molar-refractivity contribution in [2.45, 2.75) is 63.8 Å². The second-order valence-electron chi connectivity index (χ2n) is 7.33. The van der Waals surface area contributed by atoms with Gasteiger partial charge in [0.1, 0.15) is 11.6 Å². The van der Waals surface area contributed by atoms with Crippen LogP contribution in [0, 0.1) is 5.92 Å². The Morgan fingerprint density at radius 3 is 2.50 bits per heavy atom. The molecule has 2 rings (SSSR count). The smallest absolute Gasteiger partial charge is 0.411 e. The van der Waals surface area contributed by atoms with Crippen LogP contribution in [-0.2, 0) is 19.1 Å². The molecule has 1 saturated carbocycles. The van der Waals surface area contributed by atoms with Crippen molar-refractivity contribution in [2.24, 2.45) is 5.92 Å². The molecule has 2 fully saturated rings. The van der Waals surface area contributed by atoms with Gasteiger partial charge in [-0.05, 0) is 46.0 Å². The summed E-state index contributed by atoms with van der Waals surface area (Å²) in [4.78, 5) is 38.2. The molecule has 2 aliphatic rings. The summed E-state index contributed by atoms with van der Waals surface area (Å²) in [6.45, 7) is 4.75. The van der Waals surface area contributed by atoms with Crippen LogP contribution in [0.15, 0.2) is 0 Å². The Bertz CT molecular complexity index is 515. The summed E-state index contributed by atoms with van der Waals surface area (Å²) < 4.78 is 9.97. The molecule has 1 unspecified atom stereocenters. The quantitative estimate of drug-likeness (QED) is 0.718. The Morgan fingerprint density at radius 2 is 1.96 bits per heavy atom. The molecule has 2 N–H and O–H groups in total. The molecule has 1 heterocycles. The van der Waals surface area contributed by atoms with Crippen LogP contribution < -0.4 is 5.32 Å². The summed E-state index contributed by atoms with van der Waals surface area (Å²) in [5, 5.41) is 11.7. The number of ether oxygens (including phenoxy) is 2. The first-order valence-electron chi connectivity index (χ1n) is 8.18. The van der Waals surface area contributed by atoms with Gasteiger partial charge in [-0.2, -0.15) is 0 Å². The minimum Gasteiger partial charge on any atom is -0.467 e. The van der Waals surface area contributed by atoms with Crippen molar-refractivity contribution in [1.82, 2.24) is 10.2 Å². The van der Waals surface area contributed by atoms with Gasteiger partial charge in [0.15, 0.2) is 6.04 Å². The fourth-order valence-electron chi connectivity index (χ4n) is 3.48. The van der Waals surface area contributed by atoms with E-state index in [1.54, 1.807) is 20.8 Å². The van der Waals surface area contributed by atoms with Crippen molar-refractivity contribution >= 4 is 18.0 Å². The lowest BCUT2D eigenvalue weighted by Gasteiger charge is -2.36. The summed E-state index contributed by atoms with van der Waals surface area (Å²) in [5.74, 6) is -1.14. The predicted octanol–water partition coefficient (Wildman–Crippen LogP) is 0.424. The molecule has 0 aromatic heterocycles. The number of aliphatic hydroxyl groups is 1. The third-order valence-electron chi connectivity index (χ3n) is 4.44. The number of esters is 1. The van der Waals surface area contributed by atoms with E-state index in [1.807, 2.05) is 0 Å². The summed E-state index contributed by atoms with van der Waals surface area (Å²) in [7, 11) is 1.18. The number of piperidine rings is 1. The van der Waals surface area contributed by atoms with Crippen molar-refractivity contribution < 1.29 is 29.0 Å². The molecule has 0 aromatic rings. The largest absolute Gasteiger partial charge is 0.467 e. The Balaban J connectivity index is 2.12. The molecular formula is C16H26N2O6. The number of aliphatic hydroxyl groups excluding tert-OH is 1. The maximum Gasteiger partial charge on any atom is 0.411 e. The monoisotopic (exact) mass is 342 g/mol. The van der Waals surface area contributed by atoms with Crippen LogP contribution in [0.3, 0.4) is 0 Å². The van der Waals surface area contributed by atoms with Crippen LogP contribution in [0.4, 0.5) is 4.79 Å². The Labute approximate surface area is 141 Å². The van der Waals surface area contributed by atoms with Crippen molar-refractivity contribution in [2.75, 3.05) is 13.7 Å². The molecule has 0 spiro atoms. The van der Waals surface area contributed by atoms with E-state index in [2.05, 4.69) is 10.1 Å². The van der Waals surface area contributed by atoms with E-state index in [0.29, 0.717) is 0 Å². The van der Waals surface area contributed by atoms with Crippen molar-refractivity contribution in [1.29, 1.82) is 0 Å². The van der Waals surface area contributed by atoms with Gasteiger partial charge in [0.05, 0.1) is 13.7 Å². The number of amides is 2. The van der Waals surface area contributed by atoms with Gasteiger partial charge in [0, 0.05) is 6.04 Å². The van der Waals surface area contributed by atoms with Gasteiger partial charge in [-0.3, -0.25) is 9.69 Å². The fraction of sp³-hybridized carbons (Fsp3) is 0.812. The zero-order chi connectivity index (χ0) is 18.1. The van der Waals surface area contributed by atoms with E-state index < -0.39 is 42.3 Å². The molecule has 0 radical (unpaired) electrons. The number of methoxy groups -OCH3 is 1. The lowest BCUT2D eigenvalue weighted by molar-refractivity contribution is -0.147. The van der Waals surface area contributed by atoms with E-state index in [1.165, 1.54) is 12.0 Å². The number of hydrogen-bond donors (Lipinski definition) is 2. The number of rotatable bonds is 4. The summed E-state index contributed by atoms with van der Waals surface area (Å²) in [5.41, 5.74) is -0.653. The molecule has 24 heavy (non-hydrogen) atoms. The first-order valence-corrected chi connectivity index (χ1v) is 8.18. The molecule has 2 amide bonds. The third kappa shape index (κ3) is 3.80. The Kier molecular flexibility index (Phi) is 5.37. The maximum atomic E-state index is 12.6. The van der Waals surface area contributed by atoms with Gasteiger partial charge in [-0.15, -0.1) is 0 Å². The van der Waals surface area contributed by atoms with Crippen LogP contribution in [0.25, 0.3) is 0 Å². The van der Waals surface area contributed by atoms with Crippen LogP contribution in [0.1, 0.15) is 40.0 Å². The lowest BCUT2D eigenvalue weighted by Crippen LogP contribution is -2.57. The number of nitrogens with zero attached hydrogens (tertiary/aromatic N) is 1. The second-order valence-corrected chi connectivity index (χ2v) is 7.33. The highest BCUT2D eigenvalue weighted by molar-refractivity contribution is 5.90. The van der Waals surface area contributed by atoms with Crippen molar-refractivity contribution in [3.8, 4) is 0 Å². The summed E-state index contributed by atoms with van der Waals surface area (Å²) >= 11 is 0. The van der Waals surface area contributed by atoms with E-state index in [9.17, 15) is 19.5 Å². The Morgan fingerprint density at radius 1 is 1.29 bits per heavy atom. The van der Waals surface area contributed by atoms with Crippen molar-refractivity contribution in [3.05, 3.63) is 0 Å². The standard InChI is InChI=1S/C16H26N2O6/c1-16(2,3)24-15(22)18-10-6-5-9(7-10)12(18)13(20)17-11(8-19)14(21)23-4/h9-12,19H,5-8H2,1-4H3,(H,17,20)/t9-,10+,11?,12-/m0/s1. The lowest BCUT2D eigenvalue weighted by atomic mass is 9.98. The second kappa shape index (κ2) is 6.96. The van der Waals surface area contributed by atoms with Gasteiger partial charge in [-0.25, -0.2) is 9.59 Å². The molecule has 1 saturated heterocycles. The molecular weight excluding hydrogens is 316 g/mol. The van der Waals surface area contributed by atoms with Gasteiger partial charge in [0.25, 0.3) is 0 Å². The summed E-state index contributed by atoms with van der Waals surface area (Å²) in [6, 6.07) is -1.84. The van der Waals surface area contributed by atoms with Gasteiger partial charge < -0.3 is 19.9 Å². The predicted molar refractivity (Wildman–Crippen MR) is 84.0 cm³/mol. The minimum atomic E-state index is -1.14. The third-order valence-corrected chi connectivity index (χ3v) is 4.44. The molecule has 1 aliphatic heterocycles. The zero-order valence-electron chi connectivity index (χ0n) is 14.6. The number of carbonyl (C=O) groups is 3. The summed E-state index contributed by atoms with van der Waals surface area (Å²) in [6.07, 6.45) is 1.92. The Hall–Kier alpha value is -1.83. The van der Waals surface area contributed by atoms with Crippen LogP contribution in [-0.4, -0.2) is 65.4 Å². The van der Waals surface area contributed by atoms with Crippen molar-refractivity contribution in [3.63, 3.8) is 0 Å². The molecule has 4 atom stereocenters. The molecule has 2 bridgehead atoms. The fourth-order valence-corrected chi connectivity index (χ4v) is 3.48. The van der Waals surface area contributed by atoms with Gasteiger partial charge >= 0.3 is 12.1 Å². The number of fused-ring (bicyclic) bond motifs is 2. The molecule has 8 heteroatoms. The van der Waals surface area contributed by atoms with Crippen LogP contribution in [0.2, 0.25) is 0 Å². The van der Waals surface area contributed by atoms with E-state index in [4.69, 9.17) is 4.74 Å². The van der Waals surface area contributed by atoms with Crippen LogP contribution >= 0.6 is 0 Å². The SMILES string of the molecule is COC(=O)C(CO)NC(=O)[C@@H]1[C@H]2CC[C@H](C2)N1C(=O)OC(C)(C)C. The van der Waals surface area contributed by atoms with E-state index >= 15 is 0 Å². The maximum absolute atomic E-state index is 12.6. The van der Waals surface area contributed by atoms with E-state index in [0.717, 1.165) is 19.3 Å². The number of nitrogens with one attached hydrogen (secondary N) is 1. The molecule has 8 nitrogen and oxygen atoms in total. The highest BCUT2D eigenvalue weighted by Crippen LogP contribution is 2.43. The average molecular weight is 342 g/mol. The minimum absolute atomic E-state index is 0.0219. The highest BCUT2D eigenvalue weighted by atomic mass is 16.6. The van der Waals surface area contributed by atoms with Gasteiger partial charge in [-0.1, -0.05) is 0 Å². The topological polar surface area (TPSA) is 105 Å². The zero-order valence-corrected chi connectivity index (χ0v) is 14.6. The molecule has 0 aromatic carbocycles. The average Bonchev–Trinajstić information content (AvgIpc) is 3.10. The number of carbonyl (C=O) groups excluding carboxylic acids is 3. The number of hydrogen-bond acceptors (Lipinski definition) is 6. The normalized spacial score (nSPS) is 26.9. The van der Waals surface area contributed by atoms with E-state index in [-0.39, 0.29) is 12.0 Å². The first-order chi connectivity index (χ1) is 11.2. The highest BCUT2D eigenvalue weighted by Gasteiger charge is 2.52. The van der Waals surface area contributed by atoms with Crippen LogP contribution in [0.5, 0.6) is 0 Å². The number of likely N-dealkylation sites (tertiary alicyclic amines) is 1. The van der Waals surface area contributed by atoms with Gasteiger partial charge in [0.2, 0.25) is 5.91 Å². The molecule has 136 valence electrons. The molecule has 1 aliphatic carbocycles.